The summed E-state index contributed by atoms with van der Waals surface area (Å²) < 4.78 is 47.7. The molecule has 6 heteroatoms. The van der Waals surface area contributed by atoms with Gasteiger partial charge >= 0.3 is 6.18 Å². The zero-order valence-corrected chi connectivity index (χ0v) is 13.0. The van der Waals surface area contributed by atoms with Crippen molar-refractivity contribution in [2.75, 3.05) is 7.11 Å². The minimum absolute atomic E-state index is 0.346. The van der Waals surface area contributed by atoms with Gasteiger partial charge in [0.15, 0.2) is 17.6 Å². The van der Waals surface area contributed by atoms with Crippen molar-refractivity contribution in [2.24, 2.45) is 0 Å². The van der Waals surface area contributed by atoms with Gasteiger partial charge in [-0.3, -0.25) is 0 Å². The number of hydrogen-bond donors (Lipinski definition) is 1. The van der Waals surface area contributed by atoms with Crippen molar-refractivity contribution in [1.82, 2.24) is 0 Å². The Morgan fingerprint density at radius 2 is 1.79 bits per heavy atom. The number of benzene rings is 2. The Kier molecular flexibility index (Phi) is 5.87. The van der Waals surface area contributed by atoms with E-state index in [-0.39, 0.29) is 0 Å². The predicted molar refractivity (Wildman–Crippen MR) is 84.9 cm³/mol. The van der Waals surface area contributed by atoms with Crippen LogP contribution >= 0.6 is 0 Å². The molecule has 0 saturated heterocycles. The largest absolute Gasteiger partial charge is 0.493 e. The maximum atomic E-state index is 12.3. The maximum Gasteiger partial charge on any atom is 0.417 e. The first-order valence-corrected chi connectivity index (χ1v) is 7.18. The highest BCUT2D eigenvalue weighted by Gasteiger charge is 2.36. The third kappa shape index (κ3) is 5.03. The highest BCUT2D eigenvalue weighted by atomic mass is 19.4. The number of alkyl halides is 3. The lowest BCUT2D eigenvalue weighted by atomic mass is 10.1. The second kappa shape index (κ2) is 7.88. The monoisotopic (exact) mass is 338 g/mol. The molecule has 1 atom stereocenters. The predicted octanol–water partition coefficient (Wildman–Crippen LogP) is 4.21. The molecule has 128 valence electrons. The van der Waals surface area contributed by atoms with Crippen molar-refractivity contribution in [3.05, 3.63) is 65.7 Å². The molecule has 0 aliphatic heterocycles. The van der Waals surface area contributed by atoms with E-state index in [1.165, 1.54) is 13.2 Å². The summed E-state index contributed by atoms with van der Waals surface area (Å²) in [5.41, 5.74) is 1.44. The molecule has 1 unspecified atom stereocenters. The van der Waals surface area contributed by atoms with Gasteiger partial charge in [-0.05, 0) is 29.3 Å². The van der Waals surface area contributed by atoms with Crippen molar-refractivity contribution in [3.8, 4) is 11.5 Å². The molecule has 0 aliphatic carbocycles. The van der Waals surface area contributed by atoms with Crippen LogP contribution in [-0.2, 0) is 6.61 Å². The number of aliphatic hydroxyl groups excluding tert-OH is 1. The Labute approximate surface area is 138 Å². The van der Waals surface area contributed by atoms with Gasteiger partial charge in [0.05, 0.1) is 7.11 Å². The number of halogens is 3. The van der Waals surface area contributed by atoms with Crippen LogP contribution in [0.4, 0.5) is 13.2 Å². The molecule has 2 rings (SSSR count). The van der Waals surface area contributed by atoms with Gasteiger partial charge in [0.25, 0.3) is 0 Å². The van der Waals surface area contributed by atoms with E-state index in [0.717, 1.165) is 5.56 Å². The lowest BCUT2D eigenvalue weighted by Gasteiger charge is -2.12. The van der Waals surface area contributed by atoms with Gasteiger partial charge in [-0.15, -0.1) is 0 Å². The lowest BCUT2D eigenvalue weighted by Crippen LogP contribution is -2.25. The number of hydrogen-bond acceptors (Lipinski definition) is 3. The lowest BCUT2D eigenvalue weighted by molar-refractivity contribution is -0.187. The molecule has 0 heterocycles. The van der Waals surface area contributed by atoms with Gasteiger partial charge in [0.1, 0.15) is 6.61 Å². The Morgan fingerprint density at radius 1 is 1.08 bits per heavy atom. The van der Waals surface area contributed by atoms with E-state index >= 15 is 0 Å². The van der Waals surface area contributed by atoms with Crippen molar-refractivity contribution in [2.45, 2.75) is 18.9 Å². The number of methoxy groups -OCH3 is 1. The maximum absolute atomic E-state index is 12.3. The Morgan fingerprint density at radius 3 is 2.42 bits per heavy atom. The highest BCUT2D eigenvalue weighted by molar-refractivity contribution is 5.56. The normalized spacial score (nSPS) is 13.0. The number of ether oxygens (including phenoxy) is 2. The number of rotatable bonds is 6. The molecular weight excluding hydrogens is 321 g/mol. The summed E-state index contributed by atoms with van der Waals surface area (Å²) in [6.45, 7) is 0.346. The van der Waals surface area contributed by atoms with Crippen LogP contribution in [0.5, 0.6) is 11.5 Å². The van der Waals surface area contributed by atoms with Crippen molar-refractivity contribution in [3.63, 3.8) is 0 Å². The van der Waals surface area contributed by atoms with E-state index in [9.17, 15) is 13.2 Å². The highest BCUT2D eigenvalue weighted by Crippen LogP contribution is 2.30. The SMILES string of the molecule is COc1cc(/C=C/C(O)C(F)(F)F)ccc1OCc1ccccc1. The van der Waals surface area contributed by atoms with E-state index in [1.807, 2.05) is 30.3 Å². The summed E-state index contributed by atoms with van der Waals surface area (Å²) >= 11 is 0. The Bertz CT molecular complexity index is 682. The molecule has 0 spiro atoms. The quantitative estimate of drug-likeness (QED) is 0.857. The molecule has 0 fully saturated rings. The topological polar surface area (TPSA) is 38.7 Å². The van der Waals surface area contributed by atoms with E-state index in [0.29, 0.717) is 29.7 Å². The summed E-state index contributed by atoms with van der Waals surface area (Å²) in [4.78, 5) is 0. The first-order valence-electron chi connectivity index (χ1n) is 7.18. The molecule has 0 radical (unpaired) electrons. The van der Waals surface area contributed by atoms with Crippen LogP contribution in [0.25, 0.3) is 6.08 Å². The van der Waals surface area contributed by atoms with E-state index in [2.05, 4.69) is 0 Å². The van der Waals surface area contributed by atoms with Crippen molar-refractivity contribution < 1.29 is 27.8 Å². The minimum Gasteiger partial charge on any atom is -0.493 e. The van der Waals surface area contributed by atoms with Crippen LogP contribution in [0, 0.1) is 0 Å². The average molecular weight is 338 g/mol. The summed E-state index contributed by atoms with van der Waals surface area (Å²) in [5, 5.41) is 8.97. The molecule has 0 bridgehead atoms. The van der Waals surface area contributed by atoms with E-state index in [1.54, 1.807) is 18.2 Å². The second-order valence-electron chi connectivity index (χ2n) is 5.03. The van der Waals surface area contributed by atoms with Crippen LogP contribution in [0.1, 0.15) is 11.1 Å². The van der Waals surface area contributed by atoms with Crippen LogP contribution in [0.15, 0.2) is 54.6 Å². The summed E-state index contributed by atoms with van der Waals surface area (Å²) in [5.74, 6) is 0.879. The van der Waals surface area contributed by atoms with Gasteiger partial charge in [0.2, 0.25) is 0 Å². The fourth-order valence-corrected chi connectivity index (χ4v) is 1.95. The molecule has 0 saturated carbocycles. The van der Waals surface area contributed by atoms with Gasteiger partial charge in [-0.25, -0.2) is 0 Å². The minimum atomic E-state index is -4.68. The fourth-order valence-electron chi connectivity index (χ4n) is 1.95. The smallest absolute Gasteiger partial charge is 0.417 e. The molecule has 0 amide bonds. The van der Waals surface area contributed by atoms with Crippen LogP contribution in [-0.4, -0.2) is 24.5 Å². The first-order chi connectivity index (χ1) is 11.4. The Hall–Kier alpha value is -2.47. The van der Waals surface area contributed by atoms with Crippen LogP contribution < -0.4 is 9.47 Å². The van der Waals surface area contributed by atoms with Gasteiger partial charge < -0.3 is 14.6 Å². The second-order valence-corrected chi connectivity index (χ2v) is 5.03. The average Bonchev–Trinajstić information content (AvgIpc) is 2.58. The molecule has 2 aromatic rings. The van der Waals surface area contributed by atoms with Crippen molar-refractivity contribution in [1.29, 1.82) is 0 Å². The third-order valence-corrected chi connectivity index (χ3v) is 3.23. The summed E-state index contributed by atoms with van der Waals surface area (Å²) in [6.07, 6.45) is -5.32. The molecule has 1 N–H and O–H groups in total. The molecule has 0 aliphatic rings. The van der Waals surface area contributed by atoms with Crippen molar-refractivity contribution >= 4 is 6.08 Å². The Balaban J connectivity index is 2.08. The van der Waals surface area contributed by atoms with E-state index < -0.39 is 12.3 Å². The zero-order valence-electron chi connectivity index (χ0n) is 13.0. The summed E-state index contributed by atoms with van der Waals surface area (Å²) in [6, 6.07) is 14.3. The number of aliphatic hydroxyl groups is 1. The molecular formula is C18H17F3O3. The molecule has 3 nitrogen and oxygen atoms in total. The zero-order chi connectivity index (χ0) is 17.6. The molecule has 24 heavy (non-hydrogen) atoms. The summed E-state index contributed by atoms with van der Waals surface area (Å²) in [7, 11) is 1.45. The van der Waals surface area contributed by atoms with Gasteiger partial charge in [-0.1, -0.05) is 42.5 Å². The van der Waals surface area contributed by atoms with Crippen LogP contribution in [0.3, 0.4) is 0 Å². The first kappa shape index (κ1) is 17.9. The van der Waals surface area contributed by atoms with Gasteiger partial charge in [-0.2, -0.15) is 13.2 Å². The molecule has 0 aromatic heterocycles. The van der Waals surface area contributed by atoms with Crippen LogP contribution in [0.2, 0.25) is 0 Å². The fraction of sp³-hybridized carbons (Fsp3) is 0.222. The standard InChI is InChI=1S/C18H17F3O3/c1-23-16-11-13(8-10-17(22)18(19,20)21)7-9-15(16)24-12-14-5-3-2-4-6-14/h2-11,17,22H,12H2,1H3/b10-8+. The third-order valence-electron chi connectivity index (χ3n) is 3.23. The van der Waals surface area contributed by atoms with E-state index in [4.69, 9.17) is 14.6 Å². The van der Waals surface area contributed by atoms with Gasteiger partial charge in [0, 0.05) is 0 Å². The molecule has 2 aromatic carbocycles.